The minimum Gasteiger partial charge on any atom is -0.492 e. The lowest BCUT2D eigenvalue weighted by atomic mass is 9.89. The number of nitrogens with one attached hydrogen (secondary N) is 2. The third-order valence-electron chi connectivity index (χ3n) is 6.09. The maximum absolute atomic E-state index is 13.3. The van der Waals surface area contributed by atoms with Gasteiger partial charge in [-0.15, -0.1) is 0 Å². The molecule has 2 amide bonds. The van der Waals surface area contributed by atoms with Gasteiger partial charge in [0.2, 0.25) is 0 Å². The van der Waals surface area contributed by atoms with E-state index in [2.05, 4.69) is 32.3 Å². The molecule has 2 aromatic heterocycles. The SMILES string of the molecule is C[C@H]1CC[C@H](c2cccc(OCCN(C)C)c2)N(C(=O)C(=O)Nc2cnc(N)c3cn[nH]c23)C1. The Labute approximate surface area is 198 Å². The first kappa shape index (κ1) is 23.5. The van der Waals surface area contributed by atoms with Crippen LogP contribution >= 0.6 is 0 Å². The minimum absolute atomic E-state index is 0.205. The van der Waals surface area contributed by atoms with Gasteiger partial charge in [-0.3, -0.25) is 14.7 Å². The van der Waals surface area contributed by atoms with E-state index in [1.54, 1.807) is 4.90 Å². The van der Waals surface area contributed by atoms with E-state index >= 15 is 0 Å². The highest BCUT2D eigenvalue weighted by Gasteiger charge is 2.34. The number of carbonyl (C=O) groups excluding carboxylic acids is 2. The third-order valence-corrected chi connectivity index (χ3v) is 6.09. The number of fused-ring (bicyclic) bond motifs is 1. The Hall–Kier alpha value is -3.66. The first-order valence-corrected chi connectivity index (χ1v) is 11.4. The largest absolute Gasteiger partial charge is 0.492 e. The Morgan fingerprint density at radius 3 is 2.91 bits per heavy atom. The van der Waals surface area contributed by atoms with Gasteiger partial charge in [0.1, 0.15) is 18.2 Å². The number of carbonyl (C=O) groups is 2. The number of aromatic amines is 1. The molecule has 1 aliphatic rings. The fourth-order valence-corrected chi connectivity index (χ4v) is 4.24. The van der Waals surface area contributed by atoms with Crippen LogP contribution in [-0.2, 0) is 9.59 Å². The lowest BCUT2D eigenvalue weighted by Crippen LogP contribution is -2.46. The summed E-state index contributed by atoms with van der Waals surface area (Å²) in [4.78, 5) is 34.1. The third kappa shape index (κ3) is 5.12. The van der Waals surface area contributed by atoms with E-state index in [9.17, 15) is 9.59 Å². The average Bonchev–Trinajstić information content (AvgIpc) is 3.31. The molecule has 1 aliphatic heterocycles. The van der Waals surface area contributed by atoms with Crippen molar-refractivity contribution in [3.05, 3.63) is 42.2 Å². The highest BCUT2D eigenvalue weighted by molar-refractivity contribution is 6.40. The Bertz CT molecular complexity index is 1180. The molecular weight excluding hydrogens is 434 g/mol. The number of nitrogen functional groups attached to an aromatic ring is 1. The number of piperidine rings is 1. The number of likely N-dealkylation sites (tertiary alicyclic amines) is 1. The summed E-state index contributed by atoms with van der Waals surface area (Å²) >= 11 is 0. The van der Waals surface area contributed by atoms with Gasteiger partial charge < -0.3 is 25.6 Å². The summed E-state index contributed by atoms with van der Waals surface area (Å²) in [6, 6.07) is 7.58. The van der Waals surface area contributed by atoms with Crippen LogP contribution in [0.3, 0.4) is 0 Å². The molecule has 180 valence electrons. The Balaban J connectivity index is 1.52. The summed E-state index contributed by atoms with van der Waals surface area (Å²) < 4.78 is 5.88. The van der Waals surface area contributed by atoms with Gasteiger partial charge >= 0.3 is 11.8 Å². The van der Waals surface area contributed by atoms with E-state index in [-0.39, 0.29) is 6.04 Å². The molecule has 4 N–H and O–H groups in total. The quantitative estimate of drug-likeness (QED) is 0.477. The molecule has 0 spiro atoms. The zero-order valence-corrected chi connectivity index (χ0v) is 19.7. The van der Waals surface area contributed by atoms with Crippen molar-refractivity contribution >= 4 is 34.2 Å². The fourth-order valence-electron chi connectivity index (χ4n) is 4.24. The molecule has 1 aromatic carbocycles. The summed E-state index contributed by atoms with van der Waals surface area (Å²) in [5.74, 6) is 0.0417. The molecule has 3 heterocycles. The molecule has 1 saturated heterocycles. The van der Waals surface area contributed by atoms with Crippen LogP contribution in [0.1, 0.15) is 31.4 Å². The number of hydrogen-bond acceptors (Lipinski definition) is 7. The number of pyridine rings is 1. The molecule has 10 nitrogen and oxygen atoms in total. The summed E-state index contributed by atoms with van der Waals surface area (Å²) in [7, 11) is 3.99. The van der Waals surface area contributed by atoms with E-state index in [0.29, 0.717) is 41.5 Å². The summed E-state index contributed by atoms with van der Waals surface area (Å²) in [6.45, 7) is 3.97. The standard InChI is InChI=1S/C24H31N7O3/c1-15-7-8-20(16-5-4-6-17(11-16)34-10-9-30(2)3)31(14-15)24(33)23(32)28-19-13-26-22(25)18-12-27-29-21(18)19/h4-6,11-13,15,20H,7-10,14H2,1-3H3,(H2,25,26)(H,27,29)(H,28,32)/t15-,20+/m0/s1. The van der Waals surface area contributed by atoms with E-state index in [1.807, 2.05) is 38.4 Å². The van der Waals surface area contributed by atoms with Crippen molar-refractivity contribution in [1.82, 2.24) is 25.0 Å². The van der Waals surface area contributed by atoms with Gasteiger partial charge in [0.25, 0.3) is 0 Å². The highest BCUT2D eigenvalue weighted by atomic mass is 16.5. The molecular formula is C24H31N7O3. The van der Waals surface area contributed by atoms with Crippen molar-refractivity contribution in [2.24, 2.45) is 5.92 Å². The van der Waals surface area contributed by atoms with Crippen molar-refractivity contribution in [2.45, 2.75) is 25.8 Å². The van der Waals surface area contributed by atoms with Gasteiger partial charge in [-0.2, -0.15) is 5.10 Å². The molecule has 3 aromatic rings. The summed E-state index contributed by atoms with van der Waals surface area (Å²) in [6.07, 6.45) is 4.70. The van der Waals surface area contributed by atoms with E-state index in [4.69, 9.17) is 10.5 Å². The van der Waals surface area contributed by atoms with Crippen molar-refractivity contribution < 1.29 is 14.3 Å². The van der Waals surface area contributed by atoms with Gasteiger partial charge in [-0.05, 0) is 50.6 Å². The summed E-state index contributed by atoms with van der Waals surface area (Å²) in [5, 5.41) is 10.0. The number of anilines is 2. The molecule has 0 aliphatic carbocycles. The normalized spacial score (nSPS) is 18.3. The average molecular weight is 466 g/mol. The number of nitrogens with zero attached hydrogens (tertiary/aromatic N) is 4. The monoisotopic (exact) mass is 465 g/mol. The Morgan fingerprint density at radius 1 is 1.29 bits per heavy atom. The van der Waals surface area contributed by atoms with E-state index < -0.39 is 11.8 Å². The van der Waals surface area contributed by atoms with Crippen LogP contribution in [-0.4, -0.2) is 70.6 Å². The van der Waals surface area contributed by atoms with Crippen LogP contribution in [0.15, 0.2) is 36.7 Å². The van der Waals surface area contributed by atoms with Crippen LogP contribution < -0.4 is 15.8 Å². The fraction of sp³-hybridized carbons (Fsp3) is 0.417. The van der Waals surface area contributed by atoms with Crippen LogP contribution in [0.5, 0.6) is 5.75 Å². The molecule has 0 unspecified atom stereocenters. The first-order chi connectivity index (χ1) is 16.3. The van der Waals surface area contributed by atoms with Crippen LogP contribution in [0.25, 0.3) is 10.9 Å². The molecule has 2 atom stereocenters. The summed E-state index contributed by atoms with van der Waals surface area (Å²) in [5.41, 5.74) is 7.71. The molecule has 1 fully saturated rings. The second-order valence-corrected chi connectivity index (χ2v) is 9.05. The predicted molar refractivity (Wildman–Crippen MR) is 130 cm³/mol. The highest BCUT2D eigenvalue weighted by Crippen LogP contribution is 2.35. The van der Waals surface area contributed by atoms with Crippen molar-refractivity contribution in [2.75, 3.05) is 44.8 Å². The maximum atomic E-state index is 13.3. The van der Waals surface area contributed by atoms with Crippen LogP contribution in [0.4, 0.5) is 11.5 Å². The van der Waals surface area contributed by atoms with E-state index in [1.165, 1.54) is 12.4 Å². The second-order valence-electron chi connectivity index (χ2n) is 9.05. The first-order valence-electron chi connectivity index (χ1n) is 11.4. The number of rotatable bonds is 6. The molecule has 0 bridgehead atoms. The molecule has 4 rings (SSSR count). The van der Waals surface area contributed by atoms with Crippen molar-refractivity contribution in [3.63, 3.8) is 0 Å². The lowest BCUT2D eigenvalue weighted by molar-refractivity contribution is -0.146. The van der Waals surface area contributed by atoms with Crippen LogP contribution in [0.2, 0.25) is 0 Å². The number of likely N-dealkylation sites (N-methyl/N-ethyl adjacent to an activating group) is 1. The van der Waals surface area contributed by atoms with E-state index in [0.717, 1.165) is 30.7 Å². The number of ether oxygens (including phenoxy) is 1. The smallest absolute Gasteiger partial charge is 0.314 e. The van der Waals surface area contributed by atoms with Crippen molar-refractivity contribution in [1.29, 1.82) is 0 Å². The zero-order chi connectivity index (χ0) is 24.2. The molecule has 0 radical (unpaired) electrons. The number of amides is 2. The topological polar surface area (TPSA) is 129 Å². The maximum Gasteiger partial charge on any atom is 0.314 e. The zero-order valence-electron chi connectivity index (χ0n) is 19.7. The van der Waals surface area contributed by atoms with Gasteiger partial charge in [0, 0.05) is 13.1 Å². The minimum atomic E-state index is -0.722. The van der Waals surface area contributed by atoms with Gasteiger partial charge in [-0.1, -0.05) is 19.1 Å². The Kier molecular flexibility index (Phi) is 6.97. The number of hydrogen-bond donors (Lipinski definition) is 3. The number of aromatic nitrogens is 3. The number of nitrogens with two attached hydrogens (primary N) is 1. The molecule has 34 heavy (non-hydrogen) atoms. The lowest BCUT2D eigenvalue weighted by Gasteiger charge is -2.38. The van der Waals surface area contributed by atoms with Gasteiger partial charge in [-0.25, -0.2) is 4.98 Å². The second kappa shape index (κ2) is 10.1. The predicted octanol–water partition coefficient (Wildman–Crippen LogP) is 2.42. The Morgan fingerprint density at radius 2 is 2.12 bits per heavy atom. The van der Waals surface area contributed by atoms with Crippen LogP contribution in [0, 0.1) is 5.92 Å². The molecule has 10 heteroatoms. The van der Waals surface area contributed by atoms with Crippen molar-refractivity contribution in [3.8, 4) is 5.75 Å². The number of H-pyrrole nitrogens is 1. The van der Waals surface area contributed by atoms with Gasteiger partial charge in [0.05, 0.1) is 35.0 Å². The number of benzene rings is 1. The van der Waals surface area contributed by atoms with Gasteiger partial charge in [0.15, 0.2) is 0 Å². The molecule has 0 saturated carbocycles.